The first kappa shape index (κ1) is 25.2. The number of hydrogen-bond donors (Lipinski definition) is 1. The molecule has 0 spiro atoms. The molecule has 0 aromatic heterocycles. The standard InChI is InChI=1S/C26H36N2O4/c1-8-22(25(30)27-26(4,5)6)28(16-20-11-13-21(31-7)14-12-20)24(29)17-32-23-15-18(2)9-10-19(23)3/h9-15,22H,8,16-17H2,1-7H3,(H,27,30). The van der Waals surface area contributed by atoms with E-state index in [-0.39, 0.29) is 18.4 Å². The summed E-state index contributed by atoms with van der Waals surface area (Å²) in [6, 6.07) is 12.8. The normalized spacial score (nSPS) is 12.1. The second-order valence-corrected chi connectivity index (χ2v) is 9.09. The van der Waals surface area contributed by atoms with Crippen molar-refractivity contribution >= 4 is 11.8 Å². The van der Waals surface area contributed by atoms with Gasteiger partial charge in [0.1, 0.15) is 17.5 Å². The summed E-state index contributed by atoms with van der Waals surface area (Å²) in [4.78, 5) is 27.9. The minimum Gasteiger partial charge on any atom is -0.497 e. The van der Waals surface area contributed by atoms with Crippen LogP contribution in [0.2, 0.25) is 0 Å². The molecule has 2 aromatic carbocycles. The molecule has 0 radical (unpaired) electrons. The number of ether oxygens (including phenoxy) is 2. The summed E-state index contributed by atoms with van der Waals surface area (Å²) in [5, 5.41) is 3.01. The highest BCUT2D eigenvalue weighted by Gasteiger charge is 2.31. The van der Waals surface area contributed by atoms with E-state index < -0.39 is 11.6 Å². The highest BCUT2D eigenvalue weighted by molar-refractivity contribution is 5.88. The number of methoxy groups -OCH3 is 1. The van der Waals surface area contributed by atoms with E-state index in [9.17, 15) is 9.59 Å². The molecular formula is C26H36N2O4. The van der Waals surface area contributed by atoms with Gasteiger partial charge in [0.2, 0.25) is 5.91 Å². The number of benzene rings is 2. The van der Waals surface area contributed by atoms with E-state index in [0.717, 1.165) is 22.4 Å². The van der Waals surface area contributed by atoms with Crippen LogP contribution in [0.25, 0.3) is 0 Å². The Labute approximate surface area is 191 Å². The van der Waals surface area contributed by atoms with Gasteiger partial charge in [-0.05, 0) is 75.9 Å². The molecule has 0 aliphatic rings. The van der Waals surface area contributed by atoms with E-state index in [1.165, 1.54) is 0 Å². The molecule has 0 heterocycles. The first-order chi connectivity index (χ1) is 15.0. The maximum Gasteiger partial charge on any atom is 0.261 e. The molecule has 0 aliphatic heterocycles. The maximum atomic E-state index is 13.3. The lowest BCUT2D eigenvalue weighted by Gasteiger charge is -2.33. The van der Waals surface area contributed by atoms with Gasteiger partial charge in [0.25, 0.3) is 5.91 Å². The average molecular weight is 441 g/mol. The molecule has 1 atom stereocenters. The van der Waals surface area contributed by atoms with Crippen LogP contribution < -0.4 is 14.8 Å². The molecule has 2 aromatic rings. The van der Waals surface area contributed by atoms with Crippen molar-refractivity contribution in [3.8, 4) is 11.5 Å². The summed E-state index contributed by atoms with van der Waals surface area (Å²) >= 11 is 0. The summed E-state index contributed by atoms with van der Waals surface area (Å²) < 4.78 is 11.1. The van der Waals surface area contributed by atoms with Crippen LogP contribution in [0, 0.1) is 13.8 Å². The number of amides is 2. The summed E-state index contributed by atoms with van der Waals surface area (Å²) in [6.07, 6.45) is 0.493. The Balaban J connectivity index is 2.26. The lowest BCUT2D eigenvalue weighted by molar-refractivity contribution is -0.143. The van der Waals surface area contributed by atoms with Gasteiger partial charge < -0.3 is 19.7 Å². The number of aryl methyl sites for hydroxylation is 2. The molecule has 1 N–H and O–H groups in total. The van der Waals surface area contributed by atoms with E-state index >= 15 is 0 Å². The Morgan fingerprint density at radius 1 is 1.06 bits per heavy atom. The van der Waals surface area contributed by atoms with E-state index in [2.05, 4.69) is 5.32 Å². The second-order valence-electron chi connectivity index (χ2n) is 9.09. The topological polar surface area (TPSA) is 67.9 Å². The van der Waals surface area contributed by atoms with Crippen molar-refractivity contribution in [2.24, 2.45) is 0 Å². The number of carbonyl (C=O) groups is 2. The predicted molar refractivity (Wildman–Crippen MR) is 127 cm³/mol. The number of nitrogens with one attached hydrogen (secondary N) is 1. The van der Waals surface area contributed by atoms with Crippen molar-refractivity contribution < 1.29 is 19.1 Å². The Morgan fingerprint density at radius 3 is 2.28 bits per heavy atom. The quantitative estimate of drug-likeness (QED) is 0.627. The summed E-state index contributed by atoms with van der Waals surface area (Å²) in [7, 11) is 1.61. The van der Waals surface area contributed by atoms with Crippen LogP contribution in [0.1, 0.15) is 50.8 Å². The minimum atomic E-state index is -0.606. The van der Waals surface area contributed by atoms with Crippen molar-refractivity contribution in [1.29, 1.82) is 0 Å². The Bertz CT molecular complexity index is 916. The molecule has 32 heavy (non-hydrogen) atoms. The van der Waals surface area contributed by atoms with Crippen LogP contribution >= 0.6 is 0 Å². The fourth-order valence-electron chi connectivity index (χ4n) is 3.39. The summed E-state index contributed by atoms with van der Waals surface area (Å²) in [5.74, 6) is 1.00. The van der Waals surface area contributed by atoms with E-state index in [1.807, 2.05) is 84.0 Å². The molecule has 0 saturated carbocycles. The fourth-order valence-corrected chi connectivity index (χ4v) is 3.39. The smallest absolute Gasteiger partial charge is 0.261 e. The molecule has 6 heteroatoms. The molecule has 2 amide bonds. The van der Waals surface area contributed by atoms with Crippen molar-refractivity contribution in [3.63, 3.8) is 0 Å². The molecule has 1 unspecified atom stereocenters. The molecule has 6 nitrogen and oxygen atoms in total. The van der Waals surface area contributed by atoms with Gasteiger partial charge in [-0.15, -0.1) is 0 Å². The van der Waals surface area contributed by atoms with Crippen molar-refractivity contribution in [1.82, 2.24) is 10.2 Å². The fraction of sp³-hybridized carbons (Fsp3) is 0.462. The van der Waals surface area contributed by atoms with Crippen LogP contribution in [-0.2, 0) is 16.1 Å². The van der Waals surface area contributed by atoms with Crippen LogP contribution in [0.15, 0.2) is 42.5 Å². The third-order valence-electron chi connectivity index (χ3n) is 5.09. The monoisotopic (exact) mass is 440 g/mol. The lowest BCUT2D eigenvalue weighted by atomic mass is 10.1. The van der Waals surface area contributed by atoms with Crippen LogP contribution in [0.5, 0.6) is 11.5 Å². The van der Waals surface area contributed by atoms with Gasteiger partial charge in [0, 0.05) is 12.1 Å². The van der Waals surface area contributed by atoms with Crippen molar-refractivity contribution in [2.75, 3.05) is 13.7 Å². The largest absolute Gasteiger partial charge is 0.497 e. The third kappa shape index (κ3) is 7.29. The number of carbonyl (C=O) groups excluding carboxylic acids is 2. The third-order valence-corrected chi connectivity index (χ3v) is 5.09. The lowest BCUT2D eigenvalue weighted by Crippen LogP contribution is -2.54. The zero-order valence-electron chi connectivity index (χ0n) is 20.3. The summed E-state index contributed by atoms with van der Waals surface area (Å²) in [5.41, 5.74) is 2.54. The van der Waals surface area contributed by atoms with E-state index in [1.54, 1.807) is 12.0 Å². The number of nitrogens with zero attached hydrogens (tertiary/aromatic N) is 1. The molecular weight excluding hydrogens is 404 g/mol. The molecule has 2 rings (SSSR count). The Kier molecular flexibility index (Phi) is 8.70. The molecule has 0 saturated heterocycles. The second kappa shape index (κ2) is 11.0. The van der Waals surface area contributed by atoms with Crippen LogP contribution in [0.4, 0.5) is 0 Å². The first-order valence-electron chi connectivity index (χ1n) is 11.0. The van der Waals surface area contributed by atoms with Crippen LogP contribution in [-0.4, -0.2) is 42.0 Å². The predicted octanol–water partition coefficient (Wildman–Crippen LogP) is 4.41. The van der Waals surface area contributed by atoms with Gasteiger partial charge in [-0.1, -0.05) is 31.2 Å². The molecule has 0 fully saturated rings. The molecule has 0 aliphatic carbocycles. The molecule has 174 valence electrons. The van der Waals surface area contributed by atoms with Gasteiger partial charge in [0.05, 0.1) is 7.11 Å². The highest BCUT2D eigenvalue weighted by Crippen LogP contribution is 2.21. The van der Waals surface area contributed by atoms with E-state index in [4.69, 9.17) is 9.47 Å². The van der Waals surface area contributed by atoms with Gasteiger partial charge >= 0.3 is 0 Å². The van der Waals surface area contributed by atoms with Gasteiger partial charge in [0.15, 0.2) is 6.61 Å². The first-order valence-corrected chi connectivity index (χ1v) is 11.0. The number of hydrogen-bond acceptors (Lipinski definition) is 4. The van der Waals surface area contributed by atoms with Gasteiger partial charge in [-0.3, -0.25) is 9.59 Å². The highest BCUT2D eigenvalue weighted by atomic mass is 16.5. The Hall–Kier alpha value is -3.02. The average Bonchev–Trinajstić information content (AvgIpc) is 2.73. The van der Waals surface area contributed by atoms with Crippen molar-refractivity contribution in [2.45, 2.75) is 66.1 Å². The zero-order chi connectivity index (χ0) is 23.9. The zero-order valence-corrected chi connectivity index (χ0v) is 20.3. The molecule has 0 bridgehead atoms. The maximum absolute atomic E-state index is 13.3. The van der Waals surface area contributed by atoms with Gasteiger partial charge in [-0.25, -0.2) is 0 Å². The SMILES string of the molecule is CCC(C(=O)NC(C)(C)C)N(Cc1ccc(OC)cc1)C(=O)COc1cc(C)ccc1C. The van der Waals surface area contributed by atoms with Gasteiger partial charge in [-0.2, -0.15) is 0 Å². The number of rotatable bonds is 9. The van der Waals surface area contributed by atoms with E-state index in [0.29, 0.717) is 18.7 Å². The van der Waals surface area contributed by atoms with Crippen LogP contribution in [0.3, 0.4) is 0 Å². The summed E-state index contributed by atoms with van der Waals surface area (Å²) in [6.45, 7) is 11.8. The minimum absolute atomic E-state index is 0.139. The van der Waals surface area contributed by atoms with Crippen molar-refractivity contribution in [3.05, 3.63) is 59.2 Å². The Morgan fingerprint density at radius 2 is 1.72 bits per heavy atom.